The number of carbonyl (C=O) groups excluding carboxylic acids is 2. The van der Waals surface area contributed by atoms with Crippen LogP contribution in [0.3, 0.4) is 0 Å². The number of pyridine rings is 1. The monoisotopic (exact) mass is 352 g/mol. The highest BCUT2D eigenvalue weighted by Crippen LogP contribution is 2.17. The number of carbonyl (C=O) groups is 2. The van der Waals surface area contributed by atoms with Crippen molar-refractivity contribution >= 4 is 11.9 Å². The van der Waals surface area contributed by atoms with Crippen LogP contribution in [0.2, 0.25) is 0 Å². The summed E-state index contributed by atoms with van der Waals surface area (Å²) < 4.78 is 0. The minimum atomic E-state index is -0.218. The molecule has 0 aliphatic carbocycles. The molecule has 3 amide bonds. The molecule has 1 aromatic heterocycles. The van der Waals surface area contributed by atoms with Gasteiger partial charge in [0, 0.05) is 50.9 Å². The van der Waals surface area contributed by atoms with E-state index in [1.807, 2.05) is 35.2 Å². The van der Waals surface area contributed by atoms with Crippen LogP contribution in [0.25, 0.3) is 0 Å². The zero-order valence-electron chi connectivity index (χ0n) is 14.7. The van der Waals surface area contributed by atoms with Crippen molar-refractivity contribution in [2.45, 2.75) is 19.4 Å². The van der Waals surface area contributed by atoms with Crippen molar-refractivity contribution in [1.82, 2.24) is 20.5 Å². The first kappa shape index (κ1) is 17.9. The lowest BCUT2D eigenvalue weighted by Crippen LogP contribution is -2.38. The van der Waals surface area contributed by atoms with Crippen LogP contribution in [0.4, 0.5) is 4.79 Å². The van der Waals surface area contributed by atoms with Gasteiger partial charge >= 0.3 is 6.03 Å². The maximum absolute atomic E-state index is 12.2. The van der Waals surface area contributed by atoms with Crippen LogP contribution in [0.15, 0.2) is 54.9 Å². The Morgan fingerprint density at radius 1 is 1.12 bits per heavy atom. The summed E-state index contributed by atoms with van der Waals surface area (Å²) in [7, 11) is 0. The lowest BCUT2D eigenvalue weighted by molar-refractivity contribution is -0.127. The topological polar surface area (TPSA) is 74.3 Å². The molecule has 0 bridgehead atoms. The van der Waals surface area contributed by atoms with Gasteiger partial charge in [0.15, 0.2) is 0 Å². The maximum atomic E-state index is 12.2. The summed E-state index contributed by atoms with van der Waals surface area (Å²) in [6.45, 7) is 2.38. The first-order valence-corrected chi connectivity index (χ1v) is 8.93. The predicted molar refractivity (Wildman–Crippen MR) is 99.3 cm³/mol. The van der Waals surface area contributed by atoms with E-state index in [0.29, 0.717) is 26.1 Å². The van der Waals surface area contributed by atoms with E-state index in [1.165, 1.54) is 5.56 Å². The number of aromatic nitrogens is 1. The molecule has 2 aromatic rings. The first-order chi connectivity index (χ1) is 12.7. The highest BCUT2D eigenvalue weighted by atomic mass is 16.2. The average molecular weight is 352 g/mol. The Labute approximate surface area is 153 Å². The van der Waals surface area contributed by atoms with Crippen molar-refractivity contribution in [1.29, 1.82) is 0 Å². The van der Waals surface area contributed by atoms with Crippen molar-refractivity contribution in [3.63, 3.8) is 0 Å². The standard InChI is InChI=1S/C20H24N4O2/c25-19-11-18(15-24(19)10-8-16-5-2-1-3-6-16)14-23-20(26)22-13-17-7-4-9-21-12-17/h1-7,9,12,18H,8,10-11,13-15H2,(H2,22,23,26). The fourth-order valence-electron chi connectivity index (χ4n) is 3.10. The number of nitrogens with zero attached hydrogens (tertiary/aromatic N) is 2. The molecule has 6 nitrogen and oxygen atoms in total. The molecule has 26 heavy (non-hydrogen) atoms. The van der Waals surface area contributed by atoms with E-state index in [1.54, 1.807) is 12.4 Å². The lowest BCUT2D eigenvalue weighted by Gasteiger charge is -2.17. The number of urea groups is 1. The van der Waals surface area contributed by atoms with Crippen molar-refractivity contribution in [2.75, 3.05) is 19.6 Å². The molecule has 1 unspecified atom stereocenters. The normalized spacial score (nSPS) is 16.5. The number of hydrogen-bond donors (Lipinski definition) is 2. The minimum absolute atomic E-state index is 0.169. The Kier molecular flexibility index (Phi) is 6.19. The van der Waals surface area contributed by atoms with Gasteiger partial charge in [0.25, 0.3) is 0 Å². The Hall–Kier alpha value is -2.89. The predicted octanol–water partition coefficient (Wildman–Crippen LogP) is 1.97. The molecular formula is C20H24N4O2. The summed E-state index contributed by atoms with van der Waals surface area (Å²) in [4.78, 5) is 30.0. The zero-order valence-corrected chi connectivity index (χ0v) is 14.7. The average Bonchev–Trinajstić information content (AvgIpc) is 3.04. The lowest BCUT2D eigenvalue weighted by atomic mass is 10.1. The number of rotatable bonds is 7. The number of likely N-dealkylation sites (tertiary alicyclic amines) is 1. The van der Waals surface area contributed by atoms with Crippen LogP contribution < -0.4 is 10.6 Å². The molecule has 2 N–H and O–H groups in total. The van der Waals surface area contributed by atoms with Crippen LogP contribution in [0.1, 0.15) is 17.5 Å². The number of nitrogens with one attached hydrogen (secondary N) is 2. The molecule has 0 saturated carbocycles. The second-order valence-electron chi connectivity index (χ2n) is 6.57. The van der Waals surface area contributed by atoms with E-state index >= 15 is 0 Å². The maximum Gasteiger partial charge on any atom is 0.315 e. The van der Waals surface area contributed by atoms with Crippen LogP contribution in [0, 0.1) is 5.92 Å². The van der Waals surface area contributed by atoms with Crippen LogP contribution in [0.5, 0.6) is 0 Å². The zero-order chi connectivity index (χ0) is 18.2. The van der Waals surface area contributed by atoms with Gasteiger partial charge in [0.05, 0.1) is 0 Å². The molecule has 2 heterocycles. The van der Waals surface area contributed by atoms with Gasteiger partial charge < -0.3 is 15.5 Å². The highest BCUT2D eigenvalue weighted by Gasteiger charge is 2.29. The summed E-state index contributed by atoms with van der Waals surface area (Å²) in [5.41, 5.74) is 2.18. The van der Waals surface area contributed by atoms with E-state index in [9.17, 15) is 9.59 Å². The Bertz CT molecular complexity index is 721. The van der Waals surface area contributed by atoms with Crippen molar-refractivity contribution in [3.8, 4) is 0 Å². The molecule has 0 radical (unpaired) electrons. The quantitative estimate of drug-likeness (QED) is 0.800. The summed E-state index contributed by atoms with van der Waals surface area (Å²) >= 11 is 0. The first-order valence-electron chi connectivity index (χ1n) is 8.93. The summed E-state index contributed by atoms with van der Waals surface area (Å²) in [6, 6.07) is 13.7. The van der Waals surface area contributed by atoms with E-state index in [0.717, 1.165) is 18.5 Å². The summed E-state index contributed by atoms with van der Waals surface area (Å²) in [5.74, 6) is 0.339. The smallest absolute Gasteiger partial charge is 0.315 e. The van der Waals surface area contributed by atoms with Gasteiger partial charge in [0.1, 0.15) is 0 Å². The second-order valence-corrected chi connectivity index (χ2v) is 6.57. The van der Waals surface area contributed by atoms with Gasteiger partial charge in [-0.1, -0.05) is 36.4 Å². The van der Waals surface area contributed by atoms with Crippen LogP contribution in [-0.4, -0.2) is 41.5 Å². The van der Waals surface area contributed by atoms with Crippen LogP contribution in [-0.2, 0) is 17.8 Å². The fraction of sp³-hybridized carbons (Fsp3) is 0.350. The Morgan fingerprint density at radius 3 is 2.69 bits per heavy atom. The third-order valence-corrected chi connectivity index (χ3v) is 4.53. The number of amides is 3. The number of benzene rings is 1. The molecule has 0 spiro atoms. The van der Waals surface area contributed by atoms with Crippen molar-refractivity contribution < 1.29 is 9.59 Å². The molecule has 6 heteroatoms. The van der Waals surface area contributed by atoms with Crippen LogP contribution >= 0.6 is 0 Å². The molecular weight excluding hydrogens is 328 g/mol. The molecule has 1 aromatic carbocycles. The largest absolute Gasteiger partial charge is 0.342 e. The molecule has 136 valence electrons. The third-order valence-electron chi connectivity index (χ3n) is 4.53. The molecule has 1 aliphatic rings. The third kappa shape index (κ3) is 5.31. The second kappa shape index (κ2) is 8.99. The van der Waals surface area contributed by atoms with Gasteiger partial charge in [-0.05, 0) is 23.6 Å². The minimum Gasteiger partial charge on any atom is -0.342 e. The van der Waals surface area contributed by atoms with Gasteiger partial charge in [-0.3, -0.25) is 9.78 Å². The Morgan fingerprint density at radius 2 is 1.92 bits per heavy atom. The van der Waals surface area contributed by atoms with E-state index < -0.39 is 0 Å². The van der Waals surface area contributed by atoms with Gasteiger partial charge in [0.2, 0.25) is 5.91 Å². The van der Waals surface area contributed by atoms with Crippen molar-refractivity contribution in [3.05, 3.63) is 66.0 Å². The van der Waals surface area contributed by atoms with Crippen molar-refractivity contribution in [2.24, 2.45) is 5.92 Å². The summed E-state index contributed by atoms with van der Waals surface area (Å²) in [6.07, 6.45) is 4.78. The summed E-state index contributed by atoms with van der Waals surface area (Å²) in [5, 5.41) is 5.66. The van der Waals surface area contributed by atoms with E-state index in [4.69, 9.17) is 0 Å². The Balaban J connectivity index is 1.36. The van der Waals surface area contributed by atoms with E-state index in [2.05, 4.69) is 27.8 Å². The fourth-order valence-corrected chi connectivity index (χ4v) is 3.10. The number of hydrogen-bond acceptors (Lipinski definition) is 3. The molecule has 3 rings (SSSR count). The molecule has 1 saturated heterocycles. The molecule has 1 fully saturated rings. The van der Waals surface area contributed by atoms with Gasteiger partial charge in [-0.15, -0.1) is 0 Å². The van der Waals surface area contributed by atoms with E-state index in [-0.39, 0.29) is 17.9 Å². The van der Waals surface area contributed by atoms with Gasteiger partial charge in [-0.25, -0.2) is 4.79 Å². The molecule has 1 aliphatic heterocycles. The SMILES string of the molecule is O=C(NCc1cccnc1)NCC1CC(=O)N(CCc2ccccc2)C1. The van der Waals surface area contributed by atoms with Gasteiger partial charge in [-0.2, -0.15) is 0 Å². The highest BCUT2D eigenvalue weighted by molar-refractivity contribution is 5.79. The molecule has 1 atom stereocenters.